The zero-order valence-electron chi connectivity index (χ0n) is 11.9. The van der Waals surface area contributed by atoms with Gasteiger partial charge in [0.15, 0.2) is 0 Å². The van der Waals surface area contributed by atoms with E-state index in [1.807, 2.05) is 0 Å². The number of ether oxygens (including phenoxy) is 1. The molecule has 1 aliphatic rings. The second kappa shape index (κ2) is 7.57. The summed E-state index contributed by atoms with van der Waals surface area (Å²) >= 11 is 0. The lowest BCUT2D eigenvalue weighted by atomic mass is 10.0. The molecule has 1 unspecified atom stereocenters. The van der Waals surface area contributed by atoms with Gasteiger partial charge in [-0.15, -0.1) is 0 Å². The third kappa shape index (κ3) is 4.16. The fourth-order valence-corrected chi connectivity index (χ4v) is 2.58. The number of hydrogen-bond acceptors (Lipinski definition) is 4. The quantitative estimate of drug-likeness (QED) is 0.777. The summed E-state index contributed by atoms with van der Waals surface area (Å²) in [5.41, 5.74) is 1.94. The van der Waals surface area contributed by atoms with E-state index in [9.17, 15) is 9.50 Å². The highest BCUT2D eigenvalue weighted by atomic mass is 19.1. The van der Waals surface area contributed by atoms with Crippen molar-refractivity contribution in [3.05, 3.63) is 29.6 Å². The van der Waals surface area contributed by atoms with E-state index in [1.54, 1.807) is 19.2 Å². The molecule has 0 spiro atoms. The first-order valence-corrected chi connectivity index (χ1v) is 7.12. The van der Waals surface area contributed by atoms with E-state index < -0.39 is 0 Å². The second-order valence-electron chi connectivity index (χ2n) is 5.18. The smallest absolute Gasteiger partial charge is 0.123 e. The van der Waals surface area contributed by atoms with Gasteiger partial charge in [0.05, 0.1) is 12.7 Å². The van der Waals surface area contributed by atoms with Gasteiger partial charge in [0, 0.05) is 39.0 Å². The number of anilines is 1. The molecule has 112 valence electrons. The summed E-state index contributed by atoms with van der Waals surface area (Å²) in [6.45, 7) is 3.50. The molecule has 0 saturated carbocycles. The molecule has 0 aliphatic carbocycles. The molecule has 2 N–H and O–H groups in total. The van der Waals surface area contributed by atoms with Crippen LogP contribution in [0.1, 0.15) is 18.4 Å². The Labute approximate surface area is 119 Å². The Bertz CT molecular complexity index is 428. The number of nitrogens with zero attached hydrogens (tertiary/aromatic N) is 1. The van der Waals surface area contributed by atoms with Crippen LogP contribution in [-0.2, 0) is 11.3 Å². The number of halogens is 1. The normalized spacial score (nSPS) is 19.4. The number of aliphatic hydroxyl groups is 1. The number of hydrogen-bond donors (Lipinski definition) is 2. The Balaban J connectivity index is 2.06. The summed E-state index contributed by atoms with van der Waals surface area (Å²) in [5, 5.41) is 13.0. The fourth-order valence-electron chi connectivity index (χ4n) is 2.58. The van der Waals surface area contributed by atoms with Gasteiger partial charge < -0.3 is 20.1 Å². The Kier molecular flexibility index (Phi) is 5.76. The number of methoxy groups -OCH3 is 1. The molecule has 4 nitrogen and oxygen atoms in total. The minimum absolute atomic E-state index is 0.227. The zero-order valence-corrected chi connectivity index (χ0v) is 11.9. The van der Waals surface area contributed by atoms with Crippen molar-refractivity contribution >= 4 is 5.69 Å². The lowest BCUT2D eigenvalue weighted by Crippen LogP contribution is -2.39. The second-order valence-corrected chi connectivity index (χ2v) is 5.18. The van der Waals surface area contributed by atoms with Crippen LogP contribution in [0.3, 0.4) is 0 Å². The average Bonchev–Trinajstić information content (AvgIpc) is 2.44. The molecule has 1 fully saturated rings. The molecule has 1 aromatic rings. The molecule has 0 radical (unpaired) electrons. The Morgan fingerprint density at radius 1 is 1.50 bits per heavy atom. The van der Waals surface area contributed by atoms with E-state index >= 15 is 0 Å². The van der Waals surface area contributed by atoms with Crippen molar-refractivity contribution in [3.63, 3.8) is 0 Å². The van der Waals surface area contributed by atoms with Crippen LogP contribution in [0.5, 0.6) is 0 Å². The van der Waals surface area contributed by atoms with Gasteiger partial charge in [-0.1, -0.05) is 0 Å². The molecule has 0 amide bonds. The lowest BCUT2D eigenvalue weighted by molar-refractivity contribution is 0.154. The Morgan fingerprint density at radius 2 is 2.35 bits per heavy atom. The zero-order chi connectivity index (χ0) is 14.4. The first-order valence-electron chi connectivity index (χ1n) is 7.12. The summed E-state index contributed by atoms with van der Waals surface area (Å²) in [4.78, 5) is 2.14. The van der Waals surface area contributed by atoms with Gasteiger partial charge in [-0.25, -0.2) is 4.39 Å². The molecular weight excluding hydrogens is 259 g/mol. The van der Waals surface area contributed by atoms with Gasteiger partial charge in [-0.3, -0.25) is 0 Å². The van der Waals surface area contributed by atoms with Crippen molar-refractivity contribution in [1.29, 1.82) is 0 Å². The van der Waals surface area contributed by atoms with Crippen molar-refractivity contribution in [1.82, 2.24) is 5.32 Å². The lowest BCUT2D eigenvalue weighted by Gasteiger charge is -2.33. The van der Waals surface area contributed by atoms with Crippen LogP contribution in [0.4, 0.5) is 10.1 Å². The van der Waals surface area contributed by atoms with Gasteiger partial charge in [-0.05, 0) is 36.6 Å². The van der Waals surface area contributed by atoms with Crippen LogP contribution >= 0.6 is 0 Å². The van der Waals surface area contributed by atoms with E-state index in [1.165, 1.54) is 6.07 Å². The van der Waals surface area contributed by atoms with E-state index in [0.717, 1.165) is 37.2 Å². The summed E-state index contributed by atoms with van der Waals surface area (Å²) in [6.07, 6.45) is 1.52. The molecule has 1 heterocycles. The van der Waals surface area contributed by atoms with Crippen LogP contribution in [0, 0.1) is 5.82 Å². The molecule has 1 saturated heterocycles. The van der Waals surface area contributed by atoms with Gasteiger partial charge in [-0.2, -0.15) is 0 Å². The number of rotatable bonds is 6. The van der Waals surface area contributed by atoms with Crippen LogP contribution in [0.2, 0.25) is 0 Å². The SMILES string of the molecule is COCCNCc1cc(F)ccc1N1CCCC(O)C1. The summed E-state index contributed by atoms with van der Waals surface area (Å²) in [5.74, 6) is -0.227. The summed E-state index contributed by atoms with van der Waals surface area (Å²) in [6, 6.07) is 4.85. The number of piperidine rings is 1. The van der Waals surface area contributed by atoms with Crippen LogP contribution in [-0.4, -0.2) is 44.6 Å². The van der Waals surface area contributed by atoms with E-state index in [2.05, 4.69) is 10.2 Å². The highest BCUT2D eigenvalue weighted by Gasteiger charge is 2.20. The molecule has 1 aromatic carbocycles. The monoisotopic (exact) mass is 282 g/mol. The number of nitrogens with one attached hydrogen (secondary N) is 1. The molecule has 0 aromatic heterocycles. The predicted molar refractivity (Wildman–Crippen MR) is 77.4 cm³/mol. The first-order chi connectivity index (χ1) is 9.70. The maximum absolute atomic E-state index is 13.4. The summed E-state index contributed by atoms with van der Waals surface area (Å²) in [7, 11) is 1.66. The van der Waals surface area contributed by atoms with Crippen LogP contribution in [0.25, 0.3) is 0 Å². The molecule has 2 rings (SSSR count). The highest BCUT2D eigenvalue weighted by molar-refractivity contribution is 5.54. The predicted octanol–water partition coefficient (Wildman–Crippen LogP) is 1.52. The first kappa shape index (κ1) is 15.2. The summed E-state index contributed by atoms with van der Waals surface area (Å²) < 4.78 is 18.4. The molecule has 1 atom stereocenters. The van der Waals surface area contributed by atoms with Crippen molar-refractivity contribution in [3.8, 4) is 0 Å². The van der Waals surface area contributed by atoms with Crippen LogP contribution in [0.15, 0.2) is 18.2 Å². The standard InChI is InChI=1S/C15H23FN2O2/c1-20-8-6-17-10-12-9-13(16)4-5-15(12)18-7-2-3-14(19)11-18/h4-5,9,14,17,19H,2-3,6-8,10-11H2,1H3. The fraction of sp³-hybridized carbons (Fsp3) is 0.600. The topological polar surface area (TPSA) is 44.7 Å². The van der Waals surface area contributed by atoms with E-state index in [4.69, 9.17) is 4.74 Å². The molecular formula is C15H23FN2O2. The van der Waals surface area contributed by atoms with Gasteiger partial charge in [0.25, 0.3) is 0 Å². The Hall–Kier alpha value is -1.17. The van der Waals surface area contributed by atoms with Gasteiger partial charge in [0.2, 0.25) is 0 Å². The minimum atomic E-state index is -0.289. The van der Waals surface area contributed by atoms with E-state index in [0.29, 0.717) is 19.7 Å². The molecule has 5 heteroatoms. The Morgan fingerprint density at radius 3 is 3.10 bits per heavy atom. The molecule has 20 heavy (non-hydrogen) atoms. The highest BCUT2D eigenvalue weighted by Crippen LogP contribution is 2.25. The van der Waals surface area contributed by atoms with E-state index in [-0.39, 0.29) is 11.9 Å². The number of benzene rings is 1. The number of β-amino-alcohol motifs (C(OH)–C–C–N with tert-alkyl or cyclic N) is 1. The third-order valence-electron chi connectivity index (χ3n) is 3.58. The average molecular weight is 282 g/mol. The van der Waals surface area contributed by atoms with Crippen molar-refractivity contribution in [2.24, 2.45) is 0 Å². The number of aliphatic hydroxyl groups excluding tert-OH is 1. The van der Waals surface area contributed by atoms with Crippen molar-refractivity contribution < 1.29 is 14.2 Å². The van der Waals surface area contributed by atoms with Crippen molar-refractivity contribution in [2.75, 3.05) is 38.3 Å². The maximum atomic E-state index is 13.4. The van der Waals surface area contributed by atoms with Gasteiger partial charge in [0.1, 0.15) is 5.82 Å². The minimum Gasteiger partial charge on any atom is -0.391 e. The maximum Gasteiger partial charge on any atom is 0.123 e. The molecule has 1 aliphatic heterocycles. The molecule has 0 bridgehead atoms. The van der Waals surface area contributed by atoms with Crippen LogP contribution < -0.4 is 10.2 Å². The largest absolute Gasteiger partial charge is 0.391 e. The van der Waals surface area contributed by atoms with Gasteiger partial charge >= 0.3 is 0 Å². The third-order valence-corrected chi connectivity index (χ3v) is 3.58. The van der Waals surface area contributed by atoms with Crippen molar-refractivity contribution in [2.45, 2.75) is 25.5 Å².